The van der Waals surface area contributed by atoms with Crippen LogP contribution >= 0.6 is 43.2 Å². The molecule has 1 aromatic heterocycles. The van der Waals surface area contributed by atoms with Gasteiger partial charge in [-0.25, -0.2) is 0 Å². The molecule has 5 heteroatoms. The number of nitrogens with zero attached hydrogens (tertiary/aromatic N) is 1. The highest BCUT2D eigenvalue weighted by Gasteiger charge is 2.23. The first-order valence-corrected chi connectivity index (χ1v) is 9.23. The minimum atomic E-state index is 0.0876. The van der Waals surface area contributed by atoms with Crippen molar-refractivity contribution in [3.05, 3.63) is 55.1 Å². The van der Waals surface area contributed by atoms with E-state index in [0.717, 1.165) is 25.1 Å². The lowest BCUT2D eigenvalue weighted by molar-refractivity contribution is 0.0676. The highest BCUT2D eigenvalue weighted by molar-refractivity contribution is 9.13. The first-order valence-electron chi connectivity index (χ1n) is 6.82. The lowest BCUT2D eigenvalue weighted by Crippen LogP contribution is -2.37. The summed E-state index contributed by atoms with van der Waals surface area (Å²) in [6.07, 6.45) is 0.937. The van der Waals surface area contributed by atoms with Crippen LogP contribution < -0.4 is 0 Å². The normalized spacial score (nSPS) is 12.2. The minimum absolute atomic E-state index is 0.0876. The molecule has 1 heterocycles. The number of thiophene rings is 1. The van der Waals surface area contributed by atoms with Gasteiger partial charge in [0, 0.05) is 17.1 Å². The fourth-order valence-electron chi connectivity index (χ4n) is 2.02. The van der Waals surface area contributed by atoms with Gasteiger partial charge in [0.05, 0.1) is 8.66 Å². The maximum Gasteiger partial charge on any atom is 0.264 e. The third-order valence-corrected chi connectivity index (χ3v) is 6.68. The number of hydrogen-bond donors (Lipinski definition) is 0. The van der Waals surface area contributed by atoms with Crippen LogP contribution in [-0.2, 0) is 6.54 Å². The van der Waals surface area contributed by atoms with Crippen molar-refractivity contribution in [1.82, 2.24) is 4.90 Å². The second kappa shape index (κ2) is 7.56. The zero-order valence-corrected chi connectivity index (χ0v) is 16.0. The summed E-state index contributed by atoms with van der Waals surface area (Å²) >= 11 is 8.37. The molecule has 1 aromatic carbocycles. The molecule has 0 saturated heterocycles. The van der Waals surface area contributed by atoms with Crippen LogP contribution in [0.1, 0.15) is 35.5 Å². The molecular weight excluding hydrogens is 414 g/mol. The minimum Gasteiger partial charge on any atom is -0.331 e. The Morgan fingerprint density at radius 2 is 1.95 bits per heavy atom. The molecule has 0 aliphatic rings. The summed E-state index contributed by atoms with van der Waals surface area (Å²) in [6.45, 7) is 4.84. The monoisotopic (exact) mass is 429 g/mol. The zero-order valence-electron chi connectivity index (χ0n) is 12.0. The van der Waals surface area contributed by atoms with Crippen LogP contribution in [0.15, 0.2) is 44.7 Å². The molecule has 2 nitrogen and oxygen atoms in total. The van der Waals surface area contributed by atoms with Gasteiger partial charge in [-0.15, -0.1) is 11.3 Å². The van der Waals surface area contributed by atoms with E-state index >= 15 is 0 Å². The fourth-order valence-corrected chi connectivity index (χ4v) is 4.01. The number of rotatable bonds is 5. The molecule has 0 fully saturated rings. The van der Waals surface area contributed by atoms with E-state index in [-0.39, 0.29) is 11.9 Å². The van der Waals surface area contributed by atoms with E-state index in [4.69, 9.17) is 0 Å². The van der Waals surface area contributed by atoms with Gasteiger partial charge in [-0.1, -0.05) is 37.3 Å². The highest BCUT2D eigenvalue weighted by Crippen LogP contribution is 2.33. The van der Waals surface area contributed by atoms with Gasteiger partial charge in [-0.2, -0.15) is 0 Å². The molecular formula is C16H17Br2NOS. The summed E-state index contributed by atoms with van der Waals surface area (Å²) in [5, 5.41) is 0. The van der Waals surface area contributed by atoms with Gasteiger partial charge in [0.2, 0.25) is 0 Å². The van der Waals surface area contributed by atoms with Crippen LogP contribution in [0, 0.1) is 0 Å². The number of benzene rings is 1. The Hall–Kier alpha value is -0.650. The molecule has 2 aromatic rings. The molecule has 2 rings (SSSR count). The quantitative estimate of drug-likeness (QED) is 0.594. The van der Waals surface area contributed by atoms with Crippen LogP contribution in [0.25, 0.3) is 0 Å². The standard InChI is InChI=1S/C16H17Br2NOS/c1-3-11(2)19(10-12-7-5-4-6-8-12)16(20)14-9-13(17)15(18)21-14/h4-9,11H,3,10H2,1-2H3. The maximum absolute atomic E-state index is 12.8. The Bertz CT molecular complexity index is 592. The molecule has 0 N–H and O–H groups in total. The van der Waals surface area contributed by atoms with Crippen molar-refractivity contribution < 1.29 is 4.79 Å². The van der Waals surface area contributed by atoms with Crippen molar-refractivity contribution >= 4 is 49.1 Å². The van der Waals surface area contributed by atoms with E-state index < -0.39 is 0 Å². The van der Waals surface area contributed by atoms with Gasteiger partial charge >= 0.3 is 0 Å². The van der Waals surface area contributed by atoms with Crippen LogP contribution in [0.5, 0.6) is 0 Å². The van der Waals surface area contributed by atoms with Crippen LogP contribution in [-0.4, -0.2) is 16.8 Å². The first-order chi connectivity index (χ1) is 10.0. The lowest BCUT2D eigenvalue weighted by atomic mass is 10.1. The van der Waals surface area contributed by atoms with Crippen LogP contribution in [0.3, 0.4) is 0 Å². The topological polar surface area (TPSA) is 20.3 Å². The van der Waals surface area contributed by atoms with E-state index in [0.29, 0.717) is 6.54 Å². The third kappa shape index (κ3) is 4.18. The number of hydrogen-bond acceptors (Lipinski definition) is 2. The largest absolute Gasteiger partial charge is 0.331 e. The molecule has 0 radical (unpaired) electrons. The number of carbonyl (C=O) groups is 1. The molecule has 1 atom stereocenters. The van der Waals surface area contributed by atoms with Gasteiger partial charge in [-0.05, 0) is 56.8 Å². The van der Waals surface area contributed by atoms with E-state index in [1.54, 1.807) is 0 Å². The van der Waals surface area contributed by atoms with E-state index in [1.165, 1.54) is 11.3 Å². The Labute approximate surface area is 146 Å². The Balaban J connectivity index is 2.25. The van der Waals surface area contributed by atoms with Crippen molar-refractivity contribution in [3.63, 3.8) is 0 Å². The Kier molecular flexibility index (Phi) is 6.02. The Morgan fingerprint density at radius 1 is 1.29 bits per heavy atom. The Morgan fingerprint density at radius 3 is 2.48 bits per heavy atom. The molecule has 1 amide bonds. The van der Waals surface area contributed by atoms with Crippen molar-refractivity contribution in [2.45, 2.75) is 32.9 Å². The summed E-state index contributed by atoms with van der Waals surface area (Å²) in [5.41, 5.74) is 1.15. The SMILES string of the molecule is CCC(C)N(Cc1ccccc1)C(=O)c1cc(Br)c(Br)s1. The average molecular weight is 431 g/mol. The third-order valence-electron chi connectivity index (χ3n) is 3.44. The molecule has 0 bridgehead atoms. The first kappa shape index (κ1) is 16.7. The van der Waals surface area contributed by atoms with Crippen LogP contribution in [0.4, 0.5) is 0 Å². The molecule has 0 saturated carbocycles. The lowest BCUT2D eigenvalue weighted by Gasteiger charge is -2.28. The molecule has 1 unspecified atom stereocenters. The van der Waals surface area contributed by atoms with E-state index in [2.05, 4.69) is 57.8 Å². The molecule has 21 heavy (non-hydrogen) atoms. The summed E-state index contributed by atoms with van der Waals surface area (Å²) in [4.78, 5) is 15.5. The second-order valence-electron chi connectivity index (χ2n) is 4.91. The van der Waals surface area contributed by atoms with Crippen molar-refractivity contribution in [2.24, 2.45) is 0 Å². The number of amides is 1. The molecule has 0 spiro atoms. The van der Waals surface area contributed by atoms with Crippen molar-refractivity contribution in [3.8, 4) is 0 Å². The summed E-state index contributed by atoms with van der Waals surface area (Å²) in [6, 6.07) is 12.2. The van der Waals surface area contributed by atoms with Crippen LogP contribution in [0.2, 0.25) is 0 Å². The summed E-state index contributed by atoms with van der Waals surface area (Å²) < 4.78 is 1.88. The summed E-state index contributed by atoms with van der Waals surface area (Å²) in [7, 11) is 0. The predicted octanol–water partition coefficient (Wildman–Crippen LogP) is 5.71. The van der Waals surface area contributed by atoms with Gasteiger partial charge in [-0.3, -0.25) is 4.79 Å². The van der Waals surface area contributed by atoms with Crippen molar-refractivity contribution in [1.29, 1.82) is 0 Å². The van der Waals surface area contributed by atoms with Gasteiger partial charge in [0.25, 0.3) is 5.91 Å². The average Bonchev–Trinajstić information content (AvgIpc) is 2.84. The summed E-state index contributed by atoms with van der Waals surface area (Å²) in [5.74, 6) is 0.0876. The highest BCUT2D eigenvalue weighted by atomic mass is 79.9. The fraction of sp³-hybridized carbons (Fsp3) is 0.312. The number of halogens is 2. The predicted molar refractivity (Wildman–Crippen MR) is 95.8 cm³/mol. The van der Waals surface area contributed by atoms with Crippen molar-refractivity contribution in [2.75, 3.05) is 0 Å². The number of carbonyl (C=O) groups excluding carboxylic acids is 1. The maximum atomic E-state index is 12.8. The van der Waals surface area contributed by atoms with E-state index in [1.807, 2.05) is 29.2 Å². The van der Waals surface area contributed by atoms with Gasteiger partial charge < -0.3 is 4.90 Å². The van der Waals surface area contributed by atoms with Gasteiger partial charge in [0.15, 0.2) is 0 Å². The zero-order chi connectivity index (χ0) is 15.4. The molecule has 0 aliphatic heterocycles. The van der Waals surface area contributed by atoms with E-state index in [9.17, 15) is 4.79 Å². The van der Waals surface area contributed by atoms with Gasteiger partial charge in [0.1, 0.15) is 0 Å². The smallest absolute Gasteiger partial charge is 0.264 e. The molecule has 0 aliphatic carbocycles. The second-order valence-corrected chi connectivity index (χ2v) is 8.13. The molecule has 112 valence electrons.